The first-order valence-corrected chi connectivity index (χ1v) is 5.33. The molecule has 9 heteroatoms. The molecule has 0 aromatic rings. The van der Waals surface area contributed by atoms with Crippen molar-refractivity contribution >= 4 is 43.3 Å². The minimum atomic E-state index is -4.30. The maximum absolute atomic E-state index is 9.86. The van der Waals surface area contributed by atoms with E-state index in [2.05, 4.69) is 0 Å². The van der Waals surface area contributed by atoms with Crippen LogP contribution in [-0.4, -0.2) is 60.5 Å². The first-order chi connectivity index (χ1) is 4.21. The molecule has 0 bridgehead atoms. The minimum Gasteiger partial charge on any atom is -1.00 e. The van der Waals surface area contributed by atoms with Gasteiger partial charge in [-0.3, -0.25) is 9.11 Å². The van der Waals surface area contributed by atoms with E-state index in [-0.39, 0.29) is 25.9 Å². The van der Waals surface area contributed by atoms with E-state index in [0.29, 0.717) is 0 Å². The molecular formula is C2H8MgO6S2. The molecule has 0 aliphatic heterocycles. The van der Waals surface area contributed by atoms with Crippen molar-refractivity contribution in [2.45, 2.75) is 0 Å². The molecular weight excluding hydrogens is 208 g/mol. The van der Waals surface area contributed by atoms with Gasteiger partial charge in [-0.1, -0.05) is 0 Å². The van der Waals surface area contributed by atoms with Crippen molar-refractivity contribution in [2.75, 3.05) is 11.5 Å². The van der Waals surface area contributed by atoms with Gasteiger partial charge >= 0.3 is 23.1 Å². The predicted molar refractivity (Wildman–Crippen MR) is 40.8 cm³/mol. The van der Waals surface area contributed by atoms with Crippen LogP contribution >= 0.6 is 0 Å². The molecule has 0 amide bonds. The molecule has 0 radical (unpaired) electrons. The summed E-state index contributed by atoms with van der Waals surface area (Å²) >= 11 is 0. The summed E-state index contributed by atoms with van der Waals surface area (Å²) in [5, 5.41) is 0. The standard InChI is InChI=1S/C2H6O6S2.Mg.2H/c3-9(4,5)1-2-10(6,7)8;;;/h1-2H2,(H,3,4,5)(H,6,7,8);;;/q;+2;2*-1. The molecule has 0 heterocycles. The smallest absolute Gasteiger partial charge is 1.00 e. The normalized spacial score (nSPS) is 12.2. The third-order valence-corrected chi connectivity index (χ3v) is 2.30. The van der Waals surface area contributed by atoms with E-state index in [1.807, 2.05) is 0 Å². The third-order valence-electron chi connectivity index (χ3n) is 0.599. The van der Waals surface area contributed by atoms with Crippen molar-refractivity contribution in [1.82, 2.24) is 0 Å². The Morgan fingerprint density at radius 1 is 0.909 bits per heavy atom. The molecule has 0 spiro atoms. The SMILES string of the molecule is O=S(=O)(O)CCS(=O)(=O)O.[H-].[H-].[Mg+2]. The fourth-order valence-electron chi connectivity index (χ4n) is 0.211. The van der Waals surface area contributed by atoms with Crippen molar-refractivity contribution in [2.24, 2.45) is 0 Å². The van der Waals surface area contributed by atoms with Crippen molar-refractivity contribution in [3.05, 3.63) is 0 Å². The summed E-state index contributed by atoms with van der Waals surface area (Å²) < 4.78 is 55.4. The molecule has 0 aliphatic carbocycles. The average Bonchev–Trinajstić information content (AvgIpc) is 1.57. The number of hydrogen-bond donors (Lipinski definition) is 2. The average molecular weight is 217 g/mol. The molecule has 0 rings (SSSR count). The zero-order valence-corrected chi connectivity index (χ0v) is 8.51. The molecule has 66 valence electrons. The summed E-state index contributed by atoms with van der Waals surface area (Å²) in [6.45, 7) is 0. The topological polar surface area (TPSA) is 109 Å². The van der Waals surface area contributed by atoms with E-state index in [0.717, 1.165) is 0 Å². The van der Waals surface area contributed by atoms with E-state index < -0.39 is 31.7 Å². The molecule has 0 saturated carbocycles. The van der Waals surface area contributed by atoms with Crippen LogP contribution in [0.1, 0.15) is 2.85 Å². The molecule has 0 atom stereocenters. The van der Waals surface area contributed by atoms with Gasteiger partial charge in [0, 0.05) is 0 Å². The predicted octanol–water partition coefficient (Wildman–Crippen LogP) is -1.39. The van der Waals surface area contributed by atoms with Crippen LogP contribution in [0.2, 0.25) is 0 Å². The largest absolute Gasteiger partial charge is 2.00 e. The first-order valence-electron chi connectivity index (χ1n) is 2.11. The Hall–Kier alpha value is 0.586. The Bertz CT molecular complexity index is 263. The van der Waals surface area contributed by atoms with Gasteiger partial charge in [0.15, 0.2) is 0 Å². The van der Waals surface area contributed by atoms with Gasteiger partial charge in [-0.2, -0.15) is 16.8 Å². The van der Waals surface area contributed by atoms with Gasteiger partial charge in [0.05, 0.1) is 11.5 Å². The summed E-state index contributed by atoms with van der Waals surface area (Å²) in [5.74, 6) is -1.96. The molecule has 11 heavy (non-hydrogen) atoms. The molecule has 0 aromatic carbocycles. The summed E-state index contributed by atoms with van der Waals surface area (Å²) in [6, 6.07) is 0. The molecule has 0 aromatic heterocycles. The summed E-state index contributed by atoms with van der Waals surface area (Å²) in [6.07, 6.45) is 0. The van der Waals surface area contributed by atoms with E-state index >= 15 is 0 Å². The fraction of sp³-hybridized carbons (Fsp3) is 1.00. The second-order valence-electron chi connectivity index (χ2n) is 1.57. The Balaban J connectivity index is -0.000000135. The van der Waals surface area contributed by atoms with E-state index in [1.54, 1.807) is 0 Å². The molecule has 0 fully saturated rings. The van der Waals surface area contributed by atoms with Crippen LogP contribution in [0.25, 0.3) is 0 Å². The van der Waals surface area contributed by atoms with Crippen LogP contribution in [0.3, 0.4) is 0 Å². The Kier molecular flexibility index (Phi) is 5.87. The maximum Gasteiger partial charge on any atom is 2.00 e. The van der Waals surface area contributed by atoms with Gasteiger partial charge in [0.2, 0.25) is 0 Å². The van der Waals surface area contributed by atoms with Gasteiger partial charge in [-0.05, 0) is 0 Å². The fourth-order valence-corrected chi connectivity index (χ4v) is 1.90. The summed E-state index contributed by atoms with van der Waals surface area (Å²) in [5.41, 5.74) is 0. The second kappa shape index (κ2) is 4.57. The van der Waals surface area contributed by atoms with Crippen LogP contribution < -0.4 is 0 Å². The van der Waals surface area contributed by atoms with Gasteiger partial charge in [0.1, 0.15) is 0 Å². The first kappa shape index (κ1) is 14.1. The molecule has 0 aliphatic rings. The molecule has 2 N–H and O–H groups in total. The van der Waals surface area contributed by atoms with Crippen LogP contribution in [0.4, 0.5) is 0 Å². The number of hydrogen-bond acceptors (Lipinski definition) is 4. The van der Waals surface area contributed by atoms with E-state index in [9.17, 15) is 16.8 Å². The van der Waals surface area contributed by atoms with Gasteiger partial charge in [0.25, 0.3) is 20.2 Å². The Morgan fingerprint density at radius 3 is 1.18 bits per heavy atom. The second-order valence-corrected chi connectivity index (χ2v) is 4.72. The Morgan fingerprint density at radius 2 is 1.09 bits per heavy atom. The van der Waals surface area contributed by atoms with Crippen LogP contribution in [0, 0.1) is 0 Å². The van der Waals surface area contributed by atoms with Crippen LogP contribution in [-0.2, 0) is 20.2 Å². The van der Waals surface area contributed by atoms with Crippen molar-refractivity contribution < 1.29 is 28.8 Å². The van der Waals surface area contributed by atoms with Gasteiger partial charge in [-0.15, -0.1) is 0 Å². The summed E-state index contributed by atoms with van der Waals surface area (Å²) in [4.78, 5) is 0. The summed E-state index contributed by atoms with van der Waals surface area (Å²) in [7, 11) is -8.59. The van der Waals surface area contributed by atoms with Gasteiger partial charge in [-0.25, -0.2) is 0 Å². The van der Waals surface area contributed by atoms with Crippen molar-refractivity contribution in [1.29, 1.82) is 0 Å². The van der Waals surface area contributed by atoms with Crippen LogP contribution in [0.5, 0.6) is 0 Å². The van der Waals surface area contributed by atoms with Crippen LogP contribution in [0.15, 0.2) is 0 Å². The number of rotatable bonds is 3. The molecule has 6 nitrogen and oxygen atoms in total. The van der Waals surface area contributed by atoms with E-state index in [1.165, 1.54) is 0 Å². The monoisotopic (exact) mass is 216 g/mol. The quantitative estimate of drug-likeness (QED) is 0.444. The molecule has 0 saturated heterocycles. The molecule has 0 unspecified atom stereocenters. The van der Waals surface area contributed by atoms with E-state index in [4.69, 9.17) is 9.11 Å². The Labute approximate surface area is 83.6 Å². The zero-order valence-electron chi connectivity index (χ0n) is 7.47. The van der Waals surface area contributed by atoms with Crippen molar-refractivity contribution in [3.8, 4) is 0 Å². The third kappa shape index (κ3) is 13.6. The maximum atomic E-state index is 9.86. The van der Waals surface area contributed by atoms with Gasteiger partial charge < -0.3 is 2.85 Å². The minimum absolute atomic E-state index is 0. The van der Waals surface area contributed by atoms with Crippen molar-refractivity contribution in [3.63, 3.8) is 0 Å². The zero-order chi connectivity index (χ0) is 8.41.